The summed E-state index contributed by atoms with van der Waals surface area (Å²) in [5, 5.41) is 14.8. The Morgan fingerprint density at radius 2 is 2.22 bits per heavy atom. The van der Waals surface area contributed by atoms with Gasteiger partial charge in [-0.2, -0.15) is 4.68 Å². The molecule has 0 aliphatic rings. The summed E-state index contributed by atoms with van der Waals surface area (Å²) >= 11 is 5.85. The Hall–Kier alpha value is -1.53. The minimum absolute atomic E-state index is 0.244. The number of aromatic nitrogens is 4. The second kappa shape index (κ2) is 5.41. The van der Waals surface area contributed by atoms with E-state index in [1.54, 1.807) is 0 Å². The molecule has 0 radical (unpaired) electrons. The van der Waals surface area contributed by atoms with E-state index in [0.717, 1.165) is 0 Å². The average Bonchev–Trinajstić information content (AvgIpc) is 2.77. The highest BCUT2D eigenvalue weighted by atomic mass is 35.5. The third-order valence-electron chi connectivity index (χ3n) is 2.34. The Kier molecular flexibility index (Phi) is 3.88. The fraction of sp³-hybridized carbons (Fsp3) is 0.364. The highest BCUT2D eigenvalue weighted by Gasteiger charge is 2.12. The van der Waals surface area contributed by atoms with Crippen molar-refractivity contribution in [2.75, 3.05) is 0 Å². The zero-order valence-corrected chi connectivity index (χ0v) is 10.8. The lowest BCUT2D eigenvalue weighted by Gasteiger charge is -2.09. The molecule has 2 aromatic rings. The van der Waals surface area contributed by atoms with Crippen LogP contribution in [0.15, 0.2) is 18.2 Å². The van der Waals surface area contributed by atoms with Crippen molar-refractivity contribution in [2.24, 2.45) is 0 Å². The third-order valence-corrected chi connectivity index (χ3v) is 2.57. The summed E-state index contributed by atoms with van der Waals surface area (Å²) < 4.78 is 15.1. The molecule has 0 saturated carbocycles. The van der Waals surface area contributed by atoms with Crippen LogP contribution in [0.2, 0.25) is 5.02 Å². The number of tetrazole rings is 1. The zero-order valence-electron chi connectivity index (χ0n) is 10.1. The van der Waals surface area contributed by atoms with Gasteiger partial charge in [0.15, 0.2) is 5.82 Å². The van der Waals surface area contributed by atoms with E-state index in [-0.39, 0.29) is 5.69 Å². The maximum Gasteiger partial charge on any atom is 0.170 e. The van der Waals surface area contributed by atoms with Crippen LogP contribution in [-0.2, 0) is 6.54 Å². The molecule has 0 bridgehead atoms. The molecule has 0 amide bonds. The maximum atomic E-state index is 13.7. The lowest BCUT2D eigenvalue weighted by atomic mass is 10.3. The van der Waals surface area contributed by atoms with Crippen LogP contribution in [0.25, 0.3) is 5.69 Å². The summed E-state index contributed by atoms with van der Waals surface area (Å²) in [6.45, 7) is 4.47. The van der Waals surface area contributed by atoms with Gasteiger partial charge in [0, 0.05) is 11.1 Å². The summed E-state index contributed by atoms with van der Waals surface area (Å²) in [5.41, 5.74) is 0.244. The maximum absolute atomic E-state index is 13.7. The van der Waals surface area contributed by atoms with Gasteiger partial charge in [-0.25, -0.2) is 4.39 Å². The number of benzene rings is 1. The van der Waals surface area contributed by atoms with Crippen LogP contribution >= 0.6 is 11.6 Å². The predicted octanol–water partition coefficient (Wildman–Crippen LogP) is 1.95. The van der Waals surface area contributed by atoms with E-state index in [2.05, 4.69) is 20.8 Å². The number of nitrogens with one attached hydrogen (secondary N) is 1. The molecule has 0 unspecified atom stereocenters. The van der Waals surface area contributed by atoms with E-state index >= 15 is 0 Å². The van der Waals surface area contributed by atoms with Crippen molar-refractivity contribution in [2.45, 2.75) is 26.4 Å². The number of rotatable bonds is 4. The first kappa shape index (κ1) is 12.9. The van der Waals surface area contributed by atoms with Crippen molar-refractivity contribution < 1.29 is 4.39 Å². The molecule has 0 aliphatic carbocycles. The smallest absolute Gasteiger partial charge is 0.170 e. The molecular formula is C11H13ClFN5. The molecule has 1 aromatic heterocycles. The highest BCUT2D eigenvalue weighted by Crippen LogP contribution is 2.18. The fourth-order valence-corrected chi connectivity index (χ4v) is 1.61. The SMILES string of the molecule is CC(C)NCc1nnnn1-c1cc(Cl)ccc1F. The number of hydrogen-bond donors (Lipinski definition) is 1. The van der Waals surface area contributed by atoms with Gasteiger partial charge in [0.2, 0.25) is 0 Å². The second-order valence-corrected chi connectivity index (χ2v) is 4.57. The van der Waals surface area contributed by atoms with E-state index in [0.29, 0.717) is 23.4 Å². The molecule has 0 saturated heterocycles. The summed E-state index contributed by atoms with van der Waals surface area (Å²) in [7, 11) is 0. The Balaban J connectivity index is 2.33. The molecule has 2 rings (SSSR count). The van der Waals surface area contributed by atoms with Crippen molar-refractivity contribution in [3.8, 4) is 5.69 Å². The Morgan fingerprint density at radius 3 is 2.94 bits per heavy atom. The van der Waals surface area contributed by atoms with Crippen molar-refractivity contribution in [3.63, 3.8) is 0 Å². The molecule has 0 atom stereocenters. The molecule has 0 spiro atoms. The van der Waals surface area contributed by atoms with Gasteiger partial charge in [-0.15, -0.1) is 5.10 Å². The summed E-state index contributed by atoms with van der Waals surface area (Å²) in [4.78, 5) is 0. The van der Waals surface area contributed by atoms with E-state index in [1.807, 2.05) is 13.8 Å². The quantitative estimate of drug-likeness (QED) is 0.922. The molecule has 1 aromatic carbocycles. The Morgan fingerprint density at radius 1 is 1.44 bits per heavy atom. The highest BCUT2D eigenvalue weighted by molar-refractivity contribution is 6.30. The van der Waals surface area contributed by atoms with Crippen LogP contribution in [0.5, 0.6) is 0 Å². The Labute approximate surface area is 109 Å². The first-order valence-corrected chi connectivity index (χ1v) is 5.92. The molecule has 7 heteroatoms. The molecule has 18 heavy (non-hydrogen) atoms. The van der Waals surface area contributed by atoms with Gasteiger partial charge in [-0.3, -0.25) is 0 Å². The summed E-state index contributed by atoms with van der Waals surface area (Å²) in [6, 6.07) is 4.56. The van der Waals surface area contributed by atoms with Crippen LogP contribution in [-0.4, -0.2) is 26.2 Å². The number of hydrogen-bond acceptors (Lipinski definition) is 4. The van der Waals surface area contributed by atoms with Crippen molar-refractivity contribution in [3.05, 3.63) is 34.9 Å². The molecule has 1 N–H and O–H groups in total. The number of halogens is 2. The van der Waals surface area contributed by atoms with Crippen molar-refractivity contribution in [1.29, 1.82) is 0 Å². The van der Waals surface area contributed by atoms with Gasteiger partial charge in [0.25, 0.3) is 0 Å². The molecule has 0 fully saturated rings. The minimum atomic E-state index is -0.419. The molecule has 1 heterocycles. The zero-order chi connectivity index (χ0) is 13.1. The molecular weight excluding hydrogens is 257 g/mol. The monoisotopic (exact) mass is 269 g/mol. The molecule has 5 nitrogen and oxygen atoms in total. The van der Waals surface area contributed by atoms with Gasteiger partial charge in [-0.05, 0) is 28.6 Å². The molecule has 96 valence electrons. The van der Waals surface area contributed by atoms with Crippen molar-refractivity contribution >= 4 is 11.6 Å². The average molecular weight is 270 g/mol. The van der Waals surface area contributed by atoms with Crippen LogP contribution in [0, 0.1) is 5.82 Å². The minimum Gasteiger partial charge on any atom is -0.308 e. The van der Waals surface area contributed by atoms with E-state index in [1.165, 1.54) is 22.9 Å². The van der Waals surface area contributed by atoms with E-state index in [4.69, 9.17) is 11.6 Å². The van der Waals surface area contributed by atoms with Gasteiger partial charge in [0.1, 0.15) is 11.5 Å². The predicted molar refractivity (Wildman–Crippen MR) is 66.1 cm³/mol. The third kappa shape index (κ3) is 2.83. The van der Waals surface area contributed by atoms with E-state index < -0.39 is 5.82 Å². The molecule has 0 aliphatic heterocycles. The standard InChI is InChI=1S/C11H13ClFN5/c1-7(2)14-6-11-15-16-17-18(11)10-5-8(12)3-4-9(10)13/h3-5,7,14H,6H2,1-2H3. The first-order valence-electron chi connectivity index (χ1n) is 5.54. The van der Waals surface area contributed by atoms with Crippen LogP contribution in [0.3, 0.4) is 0 Å². The second-order valence-electron chi connectivity index (χ2n) is 4.14. The van der Waals surface area contributed by atoms with Gasteiger partial charge >= 0.3 is 0 Å². The van der Waals surface area contributed by atoms with Crippen LogP contribution in [0.4, 0.5) is 4.39 Å². The van der Waals surface area contributed by atoms with Gasteiger partial charge < -0.3 is 5.32 Å². The van der Waals surface area contributed by atoms with Gasteiger partial charge in [-0.1, -0.05) is 25.4 Å². The fourth-order valence-electron chi connectivity index (χ4n) is 1.45. The first-order chi connectivity index (χ1) is 8.58. The van der Waals surface area contributed by atoms with Crippen molar-refractivity contribution in [1.82, 2.24) is 25.5 Å². The van der Waals surface area contributed by atoms with Gasteiger partial charge in [0.05, 0.1) is 6.54 Å². The normalized spacial score (nSPS) is 11.2. The largest absolute Gasteiger partial charge is 0.308 e. The summed E-state index contributed by atoms with van der Waals surface area (Å²) in [5.74, 6) is 0.113. The van der Waals surface area contributed by atoms with Crippen LogP contribution < -0.4 is 5.32 Å². The lowest BCUT2D eigenvalue weighted by molar-refractivity contribution is 0.555. The lowest BCUT2D eigenvalue weighted by Crippen LogP contribution is -2.24. The number of nitrogens with zero attached hydrogens (tertiary/aromatic N) is 4. The Bertz CT molecular complexity index is 540. The van der Waals surface area contributed by atoms with E-state index in [9.17, 15) is 4.39 Å². The summed E-state index contributed by atoms with van der Waals surface area (Å²) in [6.07, 6.45) is 0. The topological polar surface area (TPSA) is 55.6 Å². The van der Waals surface area contributed by atoms with Crippen LogP contribution in [0.1, 0.15) is 19.7 Å².